The highest BCUT2D eigenvalue weighted by molar-refractivity contribution is 6.30. The summed E-state index contributed by atoms with van der Waals surface area (Å²) in [6.45, 7) is 1.70. The Morgan fingerprint density at radius 2 is 2.06 bits per heavy atom. The third-order valence-electron chi connectivity index (χ3n) is 2.25. The van der Waals surface area contributed by atoms with Crippen molar-refractivity contribution in [1.82, 2.24) is 15.1 Å². The molecule has 2 rings (SSSR count). The van der Waals surface area contributed by atoms with Crippen LogP contribution in [0, 0.1) is 0 Å². The van der Waals surface area contributed by atoms with Gasteiger partial charge in [-0.2, -0.15) is 5.10 Å². The fourth-order valence-corrected chi connectivity index (χ4v) is 1.51. The predicted molar refractivity (Wildman–Crippen MR) is 67.7 cm³/mol. The highest BCUT2D eigenvalue weighted by atomic mass is 35.5. The molecule has 1 heterocycles. The van der Waals surface area contributed by atoms with Crippen LogP contribution in [0.5, 0.6) is 11.5 Å². The second-order valence-electron chi connectivity index (χ2n) is 3.60. The third kappa shape index (κ3) is 3.47. The summed E-state index contributed by atoms with van der Waals surface area (Å²) in [4.78, 5) is 0. The van der Waals surface area contributed by atoms with Gasteiger partial charge in [0.25, 0.3) is 0 Å². The fourth-order valence-electron chi connectivity index (χ4n) is 1.38. The second-order valence-corrected chi connectivity index (χ2v) is 4.04. The molecule has 0 saturated carbocycles. The monoisotopic (exact) mass is 251 g/mol. The van der Waals surface area contributed by atoms with E-state index in [2.05, 4.69) is 10.4 Å². The summed E-state index contributed by atoms with van der Waals surface area (Å²) in [5, 5.41) is 7.95. The maximum Gasteiger partial charge on any atom is 0.165 e. The molecule has 0 spiro atoms. The van der Waals surface area contributed by atoms with Crippen molar-refractivity contribution in [2.24, 2.45) is 0 Å². The van der Waals surface area contributed by atoms with Gasteiger partial charge >= 0.3 is 0 Å². The Hall–Kier alpha value is -1.52. The number of nitrogens with zero attached hydrogens (tertiary/aromatic N) is 2. The summed E-state index contributed by atoms with van der Waals surface area (Å²) >= 11 is 5.80. The number of likely N-dealkylation sites (N-methyl/N-ethyl adjacent to an activating group) is 1. The van der Waals surface area contributed by atoms with E-state index in [0.29, 0.717) is 5.02 Å². The van der Waals surface area contributed by atoms with Crippen molar-refractivity contribution >= 4 is 11.6 Å². The van der Waals surface area contributed by atoms with Crippen molar-refractivity contribution in [2.45, 2.75) is 6.54 Å². The largest absolute Gasteiger partial charge is 0.454 e. The van der Waals surface area contributed by atoms with E-state index in [0.717, 1.165) is 24.6 Å². The lowest BCUT2D eigenvalue weighted by molar-refractivity contribution is 0.480. The van der Waals surface area contributed by atoms with E-state index >= 15 is 0 Å². The van der Waals surface area contributed by atoms with Crippen LogP contribution in [-0.2, 0) is 6.54 Å². The van der Waals surface area contributed by atoms with E-state index in [1.54, 1.807) is 18.3 Å². The van der Waals surface area contributed by atoms with Crippen LogP contribution in [0.2, 0.25) is 5.02 Å². The molecule has 0 aliphatic heterocycles. The van der Waals surface area contributed by atoms with Crippen molar-refractivity contribution in [3.63, 3.8) is 0 Å². The van der Waals surface area contributed by atoms with Gasteiger partial charge in [0.1, 0.15) is 5.75 Å². The maximum atomic E-state index is 5.80. The summed E-state index contributed by atoms with van der Waals surface area (Å²) < 4.78 is 7.47. The van der Waals surface area contributed by atoms with Crippen molar-refractivity contribution in [3.8, 4) is 11.5 Å². The van der Waals surface area contributed by atoms with Gasteiger partial charge in [0.05, 0.1) is 18.9 Å². The number of hydrogen-bond acceptors (Lipinski definition) is 3. The molecule has 0 aliphatic carbocycles. The van der Waals surface area contributed by atoms with Crippen LogP contribution in [0.3, 0.4) is 0 Å². The summed E-state index contributed by atoms with van der Waals surface area (Å²) in [5.41, 5.74) is 0. The predicted octanol–water partition coefficient (Wildman–Crippen LogP) is 2.55. The highest BCUT2D eigenvalue weighted by Gasteiger charge is 2.01. The van der Waals surface area contributed by atoms with Crippen molar-refractivity contribution in [1.29, 1.82) is 0 Å². The number of hydrogen-bond donors (Lipinski definition) is 1. The summed E-state index contributed by atoms with van der Waals surface area (Å²) in [6, 6.07) is 7.24. The Morgan fingerprint density at radius 1 is 1.29 bits per heavy atom. The summed E-state index contributed by atoms with van der Waals surface area (Å²) in [5.74, 6) is 1.48. The first-order valence-corrected chi connectivity index (χ1v) is 5.76. The van der Waals surface area contributed by atoms with Crippen molar-refractivity contribution < 1.29 is 4.74 Å². The lowest BCUT2D eigenvalue weighted by atomic mass is 10.3. The molecule has 0 bridgehead atoms. The number of benzene rings is 1. The van der Waals surface area contributed by atoms with Gasteiger partial charge in [0.2, 0.25) is 0 Å². The standard InChI is InChI=1S/C12H14ClN3O/c1-14-6-7-16-9-12(8-15-16)17-11-4-2-10(13)3-5-11/h2-5,8-9,14H,6-7H2,1H3. The number of aromatic nitrogens is 2. The topological polar surface area (TPSA) is 39.1 Å². The molecule has 17 heavy (non-hydrogen) atoms. The highest BCUT2D eigenvalue weighted by Crippen LogP contribution is 2.22. The quantitative estimate of drug-likeness (QED) is 0.888. The van der Waals surface area contributed by atoms with Crippen molar-refractivity contribution in [2.75, 3.05) is 13.6 Å². The molecule has 0 radical (unpaired) electrons. The van der Waals surface area contributed by atoms with Gasteiger partial charge in [-0.3, -0.25) is 4.68 Å². The van der Waals surface area contributed by atoms with Crippen LogP contribution >= 0.6 is 11.6 Å². The van der Waals surface area contributed by atoms with E-state index in [1.165, 1.54) is 0 Å². The Morgan fingerprint density at radius 3 is 2.76 bits per heavy atom. The lowest BCUT2D eigenvalue weighted by Crippen LogP contribution is -2.14. The Bertz CT molecular complexity index is 467. The van der Waals surface area contributed by atoms with Crippen LogP contribution in [0.15, 0.2) is 36.7 Å². The zero-order valence-corrected chi connectivity index (χ0v) is 10.3. The van der Waals surface area contributed by atoms with Crippen LogP contribution in [-0.4, -0.2) is 23.4 Å². The van der Waals surface area contributed by atoms with E-state index < -0.39 is 0 Å². The normalized spacial score (nSPS) is 10.5. The Labute approximate surface area is 105 Å². The van der Waals surface area contributed by atoms with Gasteiger partial charge in [0, 0.05) is 11.6 Å². The summed E-state index contributed by atoms with van der Waals surface area (Å²) in [7, 11) is 1.91. The fraction of sp³-hybridized carbons (Fsp3) is 0.250. The van der Waals surface area contributed by atoms with E-state index in [-0.39, 0.29) is 0 Å². The molecule has 2 aromatic rings. The molecular weight excluding hydrogens is 238 g/mol. The van der Waals surface area contributed by atoms with Gasteiger partial charge in [-0.25, -0.2) is 0 Å². The molecule has 1 aromatic carbocycles. The Balaban J connectivity index is 1.98. The van der Waals surface area contributed by atoms with Gasteiger partial charge in [0.15, 0.2) is 5.75 Å². The maximum absolute atomic E-state index is 5.80. The summed E-state index contributed by atoms with van der Waals surface area (Å²) in [6.07, 6.45) is 3.57. The lowest BCUT2D eigenvalue weighted by Gasteiger charge is -2.02. The molecule has 0 aliphatic rings. The number of ether oxygens (including phenoxy) is 1. The first kappa shape index (κ1) is 12.0. The van der Waals surface area contributed by atoms with Crippen LogP contribution in [0.1, 0.15) is 0 Å². The molecular formula is C12H14ClN3O. The minimum atomic E-state index is 0.696. The first-order valence-electron chi connectivity index (χ1n) is 5.38. The van der Waals surface area contributed by atoms with Gasteiger partial charge < -0.3 is 10.1 Å². The van der Waals surface area contributed by atoms with Crippen molar-refractivity contribution in [3.05, 3.63) is 41.7 Å². The van der Waals surface area contributed by atoms with Gasteiger partial charge in [-0.05, 0) is 31.3 Å². The average Bonchev–Trinajstić information content (AvgIpc) is 2.77. The smallest absolute Gasteiger partial charge is 0.165 e. The molecule has 0 unspecified atom stereocenters. The molecule has 0 saturated heterocycles. The molecule has 4 nitrogen and oxygen atoms in total. The van der Waals surface area contributed by atoms with E-state index in [9.17, 15) is 0 Å². The minimum absolute atomic E-state index is 0.696. The molecule has 0 fully saturated rings. The minimum Gasteiger partial charge on any atom is -0.454 e. The third-order valence-corrected chi connectivity index (χ3v) is 2.50. The zero-order valence-electron chi connectivity index (χ0n) is 9.56. The first-order chi connectivity index (χ1) is 8.28. The second kappa shape index (κ2) is 5.70. The molecule has 0 amide bonds. The molecule has 5 heteroatoms. The van der Waals surface area contributed by atoms with E-state index in [1.807, 2.05) is 30.1 Å². The van der Waals surface area contributed by atoms with Gasteiger partial charge in [-0.1, -0.05) is 11.6 Å². The van der Waals surface area contributed by atoms with Crippen LogP contribution < -0.4 is 10.1 Å². The molecule has 90 valence electrons. The zero-order chi connectivity index (χ0) is 12.1. The van der Waals surface area contributed by atoms with E-state index in [4.69, 9.17) is 16.3 Å². The van der Waals surface area contributed by atoms with Gasteiger partial charge in [-0.15, -0.1) is 0 Å². The van der Waals surface area contributed by atoms with Crippen LogP contribution in [0.25, 0.3) is 0 Å². The number of halogens is 1. The number of rotatable bonds is 5. The molecule has 1 N–H and O–H groups in total. The molecule has 1 aromatic heterocycles. The average molecular weight is 252 g/mol. The van der Waals surface area contributed by atoms with Crippen LogP contribution in [0.4, 0.5) is 0 Å². The molecule has 0 atom stereocenters. The SMILES string of the molecule is CNCCn1cc(Oc2ccc(Cl)cc2)cn1. The Kier molecular flexibility index (Phi) is 4.01. The number of nitrogens with one attached hydrogen (secondary N) is 1.